The summed E-state index contributed by atoms with van der Waals surface area (Å²) in [7, 11) is -4.08. The first-order chi connectivity index (χ1) is 12.1. The summed E-state index contributed by atoms with van der Waals surface area (Å²) in [6.45, 7) is 5.31. The number of rotatable bonds is 6. The van der Waals surface area contributed by atoms with Crippen molar-refractivity contribution in [3.05, 3.63) is 57.6 Å². The smallest absolute Gasteiger partial charge is 0.275 e. The van der Waals surface area contributed by atoms with Crippen molar-refractivity contribution >= 4 is 39.1 Å². The fourth-order valence-electron chi connectivity index (χ4n) is 2.05. The molecule has 0 saturated carbocycles. The fraction of sp³-hybridized carbons (Fsp3) is 0.235. The van der Waals surface area contributed by atoms with Crippen molar-refractivity contribution < 1.29 is 17.9 Å². The molecule has 0 spiro atoms. The molecule has 0 aliphatic carbocycles. The van der Waals surface area contributed by atoms with Gasteiger partial charge in [0.15, 0.2) is 6.10 Å². The predicted octanol–water partition coefficient (Wildman–Crippen LogP) is 3.39. The molecule has 2 aromatic carbocycles. The van der Waals surface area contributed by atoms with Crippen molar-refractivity contribution in [1.82, 2.24) is 10.3 Å². The van der Waals surface area contributed by atoms with Crippen LogP contribution in [0.3, 0.4) is 0 Å². The zero-order valence-corrected chi connectivity index (χ0v) is 16.7. The number of halogens is 2. The Balaban J connectivity index is 2.05. The molecule has 2 aromatic rings. The van der Waals surface area contributed by atoms with Gasteiger partial charge in [0.25, 0.3) is 15.9 Å². The molecule has 0 aliphatic rings. The fourth-order valence-corrected chi connectivity index (χ4v) is 3.66. The number of ether oxygens (including phenoxy) is 1. The van der Waals surface area contributed by atoms with Crippen LogP contribution in [0.15, 0.2) is 41.3 Å². The number of hydrazine groups is 1. The second-order valence-corrected chi connectivity index (χ2v) is 8.12. The van der Waals surface area contributed by atoms with E-state index in [1.807, 2.05) is 30.8 Å². The third-order valence-corrected chi connectivity index (χ3v) is 5.68. The van der Waals surface area contributed by atoms with Crippen LogP contribution in [0.2, 0.25) is 10.0 Å². The van der Waals surface area contributed by atoms with Gasteiger partial charge < -0.3 is 4.74 Å². The van der Waals surface area contributed by atoms with Crippen molar-refractivity contribution in [2.24, 2.45) is 0 Å². The van der Waals surface area contributed by atoms with Crippen LogP contribution in [-0.4, -0.2) is 20.4 Å². The first-order valence-electron chi connectivity index (χ1n) is 7.61. The van der Waals surface area contributed by atoms with Gasteiger partial charge in [-0.15, -0.1) is 4.83 Å². The second kappa shape index (κ2) is 8.26. The molecule has 0 heterocycles. The van der Waals surface area contributed by atoms with E-state index in [1.54, 1.807) is 6.07 Å². The lowest BCUT2D eigenvalue weighted by molar-refractivity contribution is -0.127. The molecule has 0 radical (unpaired) electrons. The predicted molar refractivity (Wildman–Crippen MR) is 101 cm³/mol. The Morgan fingerprint density at radius 1 is 1.15 bits per heavy atom. The lowest BCUT2D eigenvalue weighted by Crippen LogP contribution is -2.47. The van der Waals surface area contributed by atoms with E-state index in [2.05, 4.69) is 5.43 Å². The Morgan fingerprint density at radius 2 is 1.85 bits per heavy atom. The number of carbonyl (C=O) groups excluding carboxylic acids is 1. The van der Waals surface area contributed by atoms with Gasteiger partial charge in [-0.1, -0.05) is 35.3 Å². The number of benzene rings is 2. The minimum Gasteiger partial charge on any atom is -0.481 e. The summed E-state index contributed by atoms with van der Waals surface area (Å²) in [5.41, 5.74) is 4.04. The highest BCUT2D eigenvalue weighted by atomic mass is 35.5. The third kappa shape index (κ3) is 4.88. The normalized spacial score (nSPS) is 12.5. The molecule has 1 amide bonds. The Bertz CT molecular complexity index is 932. The van der Waals surface area contributed by atoms with E-state index in [0.717, 1.165) is 11.1 Å². The number of amides is 1. The van der Waals surface area contributed by atoms with Gasteiger partial charge in [0.1, 0.15) is 10.6 Å². The molecule has 0 saturated heterocycles. The van der Waals surface area contributed by atoms with E-state index >= 15 is 0 Å². The SMILES string of the molecule is Cc1cccc(O[C@H](C)C(=O)NNS(=O)(=O)c2cc(Cl)ccc2Cl)c1C. The molecular weight excluding hydrogens is 399 g/mol. The number of aryl methyl sites for hydroxylation is 1. The van der Waals surface area contributed by atoms with Crippen molar-refractivity contribution in [1.29, 1.82) is 0 Å². The minimum atomic E-state index is -4.08. The summed E-state index contributed by atoms with van der Waals surface area (Å²) in [5, 5.41) is 0.184. The van der Waals surface area contributed by atoms with Crippen LogP contribution in [0.1, 0.15) is 18.1 Å². The monoisotopic (exact) mass is 416 g/mol. The zero-order valence-electron chi connectivity index (χ0n) is 14.3. The number of carbonyl (C=O) groups is 1. The Labute approximate surface area is 162 Å². The van der Waals surface area contributed by atoms with Crippen LogP contribution in [0, 0.1) is 13.8 Å². The lowest BCUT2D eigenvalue weighted by Gasteiger charge is -2.17. The standard InChI is InChI=1S/C17H18Cl2N2O4S/c1-10-5-4-6-15(11(10)2)25-12(3)17(22)20-21-26(23,24)16-9-13(18)7-8-14(16)19/h4-9,12,21H,1-3H3,(H,20,22)/t12-/m1/s1. The Morgan fingerprint density at radius 3 is 2.54 bits per heavy atom. The second-order valence-electron chi connectivity index (χ2n) is 5.63. The highest BCUT2D eigenvalue weighted by Crippen LogP contribution is 2.24. The molecule has 9 heteroatoms. The maximum absolute atomic E-state index is 12.3. The van der Waals surface area contributed by atoms with E-state index in [0.29, 0.717) is 5.75 Å². The van der Waals surface area contributed by atoms with Crippen LogP contribution in [0.5, 0.6) is 5.75 Å². The highest BCUT2D eigenvalue weighted by molar-refractivity contribution is 7.89. The summed E-state index contributed by atoms with van der Waals surface area (Å²) >= 11 is 11.7. The van der Waals surface area contributed by atoms with Crippen molar-refractivity contribution in [3.8, 4) is 5.75 Å². The number of hydrogen-bond donors (Lipinski definition) is 2. The van der Waals surface area contributed by atoms with Gasteiger partial charge in [-0.05, 0) is 56.2 Å². The van der Waals surface area contributed by atoms with Crippen LogP contribution in [0.25, 0.3) is 0 Å². The van der Waals surface area contributed by atoms with E-state index in [9.17, 15) is 13.2 Å². The summed E-state index contributed by atoms with van der Waals surface area (Å²) in [5.74, 6) is -0.110. The number of hydrogen-bond acceptors (Lipinski definition) is 4. The number of nitrogens with one attached hydrogen (secondary N) is 2. The van der Waals surface area contributed by atoms with Gasteiger partial charge in [0.05, 0.1) is 5.02 Å². The maximum Gasteiger partial charge on any atom is 0.275 e. The first-order valence-corrected chi connectivity index (χ1v) is 9.85. The topological polar surface area (TPSA) is 84.5 Å². The average molecular weight is 417 g/mol. The summed E-state index contributed by atoms with van der Waals surface area (Å²) in [6.07, 6.45) is -0.923. The van der Waals surface area contributed by atoms with Gasteiger partial charge in [-0.25, -0.2) is 8.42 Å². The molecule has 140 valence electrons. The zero-order chi connectivity index (χ0) is 19.5. The molecule has 0 unspecified atom stereocenters. The first kappa shape index (κ1) is 20.5. The highest BCUT2D eigenvalue weighted by Gasteiger charge is 2.22. The molecule has 0 bridgehead atoms. The molecular formula is C17H18Cl2N2O4S. The Hall–Kier alpha value is -1.80. The van der Waals surface area contributed by atoms with E-state index in [1.165, 1.54) is 25.1 Å². The van der Waals surface area contributed by atoms with Crippen molar-refractivity contribution in [3.63, 3.8) is 0 Å². The summed E-state index contributed by atoms with van der Waals surface area (Å²) in [6, 6.07) is 9.48. The third-order valence-electron chi connectivity index (χ3n) is 3.72. The van der Waals surface area contributed by atoms with Crippen molar-refractivity contribution in [2.75, 3.05) is 0 Å². The Kier molecular flexibility index (Phi) is 6.52. The van der Waals surface area contributed by atoms with Gasteiger partial charge in [-0.3, -0.25) is 10.2 Å². The molecule has 0 aromatic heterocycles. The van der Waals surface area contributed by atoms with Gasteiger partial charge in [-0.2, -0.15) is 0 Å². The summed E-state index contributed by atoms with van der Waals surface area (Å²) < 4.78 is 30.2. The van der Waals surface area contributed by atoms with Gasteiger partial charge in [0, 0.05) is 5.02 Å². The van der Waals surface area contributed by atoms with Gasteiger partial charge in [0.2, 0.25) is 0 Å². The molecule has 1 atom stereocenters. The largest absolute Gasteiger partial charge is 0.481 e. The van der Waals surface area contributed by atoms with E-state index in [4.69, 9.17) is 27.9 Å². The quantitative estimate of drug-likeness (QED) is 0.706. The molecule has 26 heavy (non-hydrogen) atoms. The molecule has 2 N–H and O–H groups in total. The average Bonchev–Trinajstić information content (AvgIpc) is 2.58. The van der Waals surface area contributed by atoms with Crippen molar-refractivity contribution in [2.45, 2.75) is 31.8 Å². The molecule has 0 aliphatic heterocycles. The van der Waals surface area contributed by atoms with E-state index < -0.39 is 22.0 Å². The van der Waals surface area contributed by atoms with Crippen LogP contribution in [-0.2, 0) is 14.8 Å². The maximum atomic E-state index is 12.3. The molecule has 6 nitrogen and oxygen atoms in total. The minimum absolute atomic E-state index is 0.0177. The van der Waals surface area contributed by atoms with Crippen LogP contribution in [0.4, 0.5) is 0 Å². The van der Waals surface area contributed by atoms with Gasteiger partial charge >= 0.3 is 0 Å². The lowest BCUT2D eigenvalue weighted by atomic mass is 10.1. The van der Waals surface area contributed by atoms with Crippen LogP contribution < -0.4 is 15.0 Å². The van der Waals surface area contributed by atoms with E-state index in [-0.39, 0.29) is 14.9 Å². The molecule has 2 rings (SSSR count). The number of sulfonamides is 1. The molecule has 0 fully saturated rings. The van der Waals surface area contributed by atoms with Crippen LogP contribution >= 0.6 is 23.2 Å². The summed E-state index contributed by atoms with van der Waals surface area (Å²) in [4.78, 5) is 13.9.